The van der Waals surface area contributed by atoms with Crippen LogP contribution in [0.4, 0.5) is 5.69 Å². The maximum atomic E-state index is 12.7. The molecule has 1 aliphatic rings. The highest BCUT2D eigenvalue weighted by molar-refractivity contribution is 7.18. The van der Waals surface area contributed by atoms with Gasteiger partial charge in [-0.15, -0.1) is 11.3 Å². The largest absolute Gasteiger partial charge is 0.330 e. The minimum atomic E-state index is -0.439. The van der Waals surface area contributed by atoms with Crippen molar-refractivity contribution in [1.29, 1.82) is 0 Å². The number of para-hydroxylation sites is 1. The zero-order chi connectivity index (χ0) is 18.8. The highest BCUT2D eigenvalue weighted by atomic mass is 32.1. The third kappa shape index (κ3) is 3.59. The summed E-state index contributed by atoms with van der Waals surface area (Å²) in [5.74, 6) is -0.0601. The molecule has 0 N–H and O–H groups in total. The van der Waals surface area contributed by atoms with Crippen LogP contribution in [0.25, 0.3) is 16.3 Å². The Labute approximate surface area is 159 Å². The Balaban J connectivity index is 1.51. The molecule has 0 aliphatic carbocycles. The molecule has 3 aromatic rings. The van der Waals surface area contributed by atoms with Crippen LogP contribution in [-0.2, 0) is 4.79 Å². The first-order valence-corrected chi connectivity index (χ1v) is 9.52. The molecule has 2 heterocycles. The van der Waals surface area contributed by atoms with Crippen molar-refractivity contribution in [3.05, 3.63) is 75.3 Å². The van der Waals surface area contributed by atoms with Gasteiger partial charge in [-0.1, -0.05) is 12.1 Å². The van der Waals surface area contributed by atoms with E-state index in [-0.39, 0.29) is 17.6 Å². The van der Waals surface area contributed by atoms with Crippen LogP contribution in [0.2, 0.25) is 0 Å². The molecule has 136 valence electrons. The van der Waals surface area contributed by atoms with Crippen molar-refractivity contribution in [1.82, 2.24) is 9.88 Å². The molecule has 27 heavy (non-hydrogen) atoms. The van der Waals surface area contributed by atoms with Gasteiger partial charge in [0.05, 0.1) is 21.2 Å². The van der Waals surface area contributed by atoms with Crippen LogP contribution in [0.1, 0.15) is 29.5 Å². The van der Waals surface area contributed by atoms with E-state index >= 15 is 0 Å². The lowest BCUT2D eigenvalue weighted by Crippen LogP contribution is -2.28. The van der Waals surface area contributed by atoms with Crippen molar-refractivity contribution >= 4 is 39.2 Å². The van der Waals surface area contributed by atoms with Crippen molar-refractivity contribution in [3.63, 3.8) is 0 Å². The molecule has 1 aromatic heterocycles. The van der Waals surface area contributed by atoms with Crippen LogP contribution in [0.15, 0.2) is 54.6 Å². The van der Waals surface area contributed by atoms with Crippen molar-refractivity contribution in [2.45, 2.75) is 18.9 Å². The van der Waals surface area contributed by atoms with E-state index < -0.39 is 4.92 Å². The van der Waals surface area contributed by atoms with E-state index in [2.05, 4.69) is 0 Å². The predicted molar refractivity (Wildman–Crippen MR) is 105 cm³/mol. The molecule has 1 atom stereocenters. The molecular formula is C20H17N3O3S. The monoisotopic (exact) mass is 379 g/mol. The Morgan fingerprint density at radius 3 is 2.74 bits per heavy atom. The highest BCUT2D eigenvalue weighted by Gasteiger charge is 2.31. The van der Waals surface area contributed by atoms with Crippen LogP contribution in [0.5, 0.6) is 0 Å². The summed E-state index contributed by atoms with van der Waals surface area (Å²) in [4.78, 5) is 29.5. The van der Waals surface area contributed by atoms with Crippen molar-refractivity contribution in [2.24, 2.45) is 0 Å². The minimum absolute atomic E-state index is 0.0106. The molecule has 2 aromatic carbocycles. The quantitative estimate of drug-likeness (QED) is 0.378. The number of nitro benzene ring substituents is 1. The lowest BCUT2D eigenvalue weighted by molar-refractivity contribution is -0.384. The Morgan fingerprint density at radius 1 is 1.22 bits per heavy atom. The van der Waals surface area contributed by atoms with Crippen molar-refractivity contribution < 1.29 is 9.72 Å². The number of likely N-dealkylation sites (tertiary alicyclic amines) is 1. The number of rotatable bonds is 4. The minimum Gasteiger partial charge on any atom is -0.330 e. The van der Waals surface area contributed by atoms with Crippen molar-refractivity contribution in [3.8, 4) is 0 Å². The molecule has 6 nitrogen and oxygen atoms in total. The first kappa shape index (κ1) is 17.4. The summed E-state index contributed by atoms with van der Waals surface area (Å²) in [7, 11) is 0. The normalized spacial score (nSPS) is 17.0. The first-order valence-electron chi connectivity index (χ1n) is 8.70. The number of nitro groups is 1. The van der Waals surface area contributed by atoms with Gasteiger partial charge in [-0.2, -0.15) is 0 Å². The summed E-state index contributed by atoms with van der Waals surface area (Å²) in [6.07, 6.45) is 5.10. The summed E-state index contributed by atoms with van der Waals surface area (Å²) < 4.78 is 1.13. The second-order valence-corrected chi connectivity index (χ2v) is 7.45. The summed E-state index contributed by atoms with van der Waals surface area (Å²) in [6.45, 7) is 0.712. The molecule has 1 saturated heterocycles. The molecule has 4 rings (SSSR count). The molecule has 0 radical (unpaired) electrons. The zero-order valence-corrected chi connectivity index (χ0v) is 15.3. The standard InChI is InChI=1S/C20H17N3O3S/c24-19(12-9-14-7-10-15(11-8-14)23(25)26)22-13-3-5-17(22)20-21-16-4-1-2-6-18(16)27-20/h1-2,4,6-12,17H,3,5,13H2/b12-9+/t17-/m1/s1. The van der Waals surface area contributed by atoms with E-state index in [0.717, 1.165) is 33.6 Å². The summed E-state index contributed by atoms with van der Waals surface area (Å²) in [5, 5.41) is 11.7. The number of hydrogen-bond acceptors (Lipinski definition) is 5. The molecule has 0 saturated carbocycles. The van der Waals surface area contributed by atoms with Gasteiger partial charge >= 0.3 is 0 Å². The van der Waals surface area contributed by atoms with Gasteiger partial charge in [0, 0.05) is 24.8 Å². The number of hydrogen-bond donors (Lipinski definition) is 0. The van der Waals surface area contributed by atoms with E-state index in [0.29, 0.717) is 6.54 Å². The van der Waals surface area contributed by atoms with Gasteiger partial charge in [0.15, 0.2) is 0 Å². The van der Waals surface area contributed by atoms with Crippen molar-refractivity contribution in [2.75, 3.05) is 6.54 Å². The molecule has 0 spiro atoms. The Hall–Kier alpha value is -3.06. The number of benzene rings is 2. The number of thiazole rings is 1. The average molecular weight is 379 g/mol. The van der Waals surface area contributed by atoms with E-state index in [1.807, 2.05) is 29.2 Å². The van der Waals surface area contributed by atoms with Crippen LogP contribution < -0.4 is 0 Å². The molecule has 1 amide bonds. The van der Waals surface area contributed by atoms with Crippen LogP contribution in [-0.4, -0.2) is 27.3 Å². The fraction of sp³-hybridized carbons (Fsp3) is 0.200. The maximum absolute atomic E-state index is 12.7. The fourth-order valence-electron chi connectivity index (χ4n) is 3.29. The van der Waals surface area contributed by atoms with Gasteiger partial charge in [0.25, 0.3) is 5.69 Å². The lowest BCUT2D eigenvalue weighted by Gasteiger charge is -2.21. The number of carbonyl (C=O) groups excluding carboxylic acids is 1. The van der Waals surface area contributed by atoms with Gasteiger partial charge < -0.3 is 4.90 Å². The van der Waals surface area contributed by atoms with E-state index in [1.54, 1.807) is 29.5 Å². The van der Waals surface area contributed by atoms with E-state index in [4.69, 9.17) is 4.98 Å². The van der Waals surface area contributed by atoms with Gasteiger partial charge in [-0.25, -0.2) is 4.98 Å². The van der Waals surface area contributed by atoms with Crippen LogP contribution in [0.3, 0.4) is 0 Å². The predicted octanol–water partition coefficient (Wildman–Crippen LogP) is 4.58. The number of fused-ring (bicyclic) bond motifs is 1. The van der Waals surface area contributed by atoms with Gasteiger partial charge in [-0.05, 0) is 48.7 Å². The summed E-state index contributed by atoms with van der Waals surface area (Å²) in [5.41, 5.74) is 1.76. The summed E-state index contributed by atoms with van der Waals surface area (Å²) in [6, 6.07) is 14.2. The number of amides is 1. The molecule has 0 bridgehead atoms. The zero-order valence-electron chi connectivity index (χ0n) is 14.4. The maximum Gasteiger partial charge on any atom is 0.269 e. The molecule has 1 aliphatic heterocycles. The number of aromatic nitrogens is 1. The number of non-ortho nitro benzene ring substituents is 1. The third-order valence-corrected chi connectivity index (χ3v) is 5.79. The van der Waals surface area contributed by atoms with Gasteiger partial charge in [-0.3, -0.25) is 14.9 Å². The number of carbonyl (C=O) groups is 1. The molecular weight excluding hydrogens is 362 g/mol. The third-order valence-electron chi connectivity index (χ3n) is 4.65. The van der Waals surface area contributed by atoms with Gasteiger partial charge in [0.2, 0.25) is 5.91 Å². The SMILES string of the molecule is O=C(/C=C/c1ccc([N+](=O)[O-])cc1)N1CCC[C@@H]1c1nc2ccccc2s1. The van der Waals surface area contributed by atoms with E-state index in [9.17, 15) is 14.9 Å². The lowest BCUT2D eigenvalue weighted by atomic mass is 10.2. The second kappa shape index (κ2) is 7.28. The topological polar surface area (TPSA) is 76.3 Å². The van der Waals surface area contributed by atoms with Crippen LogP contribution >= 0.6 is 11.3 Å². The smallest absolute Gasteiger partial charge is 0.269 e. The number of nitrogens with zero attached hydrogens (tertiary/aromatic N) is 3. The Bertz CT molecular complexity index is 993. The van der Waals surface area contributed by atoms with E-state index in [1.165, 1.54) is 18.2 Å². The summed E-state index contributed by atoms with van der Waals surface area (Å²) >= 11 is 1.64. The molecule has 7 heteroatoms. The molecule has 1 fully saturated rings. The van der Waals surface area contributed by atoms with Crippen LogP contribution in [0, 0.1) is 10.1 Å². The first-order chi connectivity index (χ1) is 13.1. The molecule has 0 unspecified atom stereocenters. The Morgan fingerprint density at radius 2 is 2.00 bits per heavy atom. The fourth-order valence-corrected chi connectivity index (χ4v) is 4.41. The Kier molecular flexibility index (Phi) is 4.68. The highest BCUT2D eigenvalue weighted by Crippen LogP contribution is 2.36. The van der Waals surface area contributed by atoms with Gasteiger partial charge in [0.1, 0.15) is 5.01 Å². The average Bonchev–Trinajstić information content (AvgIpc) is 3.32. The second-order valence-electron chi connectivity index (χ2n) is 6.39.